The van der Waals surface area contributed by atoms with Gasteiger partial charge in [-0.05, 0) is 75.6 Å². The number of hydrogen-bond donors (Lipinski definition) is 6. The number of aliphatic carboxylic acids is 2. The lowest BCUT2D eigenvalue weighted by Gasteiger charge is -2.16. The SMILES string of the molecule is [CH]N[C@@H](CCC)C(=O)CC[C@@H](CCCCCC(=O)COCCOCCNC(=O)COCCOCCCC(=O)CC[C@H](NC(=O)CCCCCCCCOc1ccc(C(=O)O)cc1)C(=O)O)C(=O)O. The number of hydrogen-bond acceptors (Lipinski definition) is 14. The second-order valence-electron chi connectivity index (χ2n) is 16.6. The van der Waals surface area contributed by atoms with Crippen LogP contribution in [-0.2, 0) is 52.5 Å². The van der Waals surface area contributed by atoms with Crippen molar-refractivity contribution in [2.75, 3.05) is 66.0 Å². The number of carboxylic acids is 3. The normalized spacial score (nSPS) is 12.4. The van der Waals surface area contributed by atoms with Crippen LogP contribution in [0, 0.1) is 13.0 Å². The first-order valence-corrected chi connectivity index (χ1v) is 24.1. The van der Waals surface area contributed by atoms with Gasteiger partial charge in [-0.2, -0.15) is 0 Å². The number of amides is 2. The van der Waals surface area contributed by atoms with Crippen molar-refractivity contribution in [1.29, 1.82) is 0 Å². The molecule has 1 aromatic rings. The third-order valence-electron chi connectivity index (χ3n) is 10.8. The largest absolute Gasteiger partial charge is 0.494 e. The lowest BCUT2D eigenvalue weighted by atomic mass is 9.93. The summed E-state index contributed by atoms with van der Waals surface area (Å²) in [6, 6.07) is 4.65. The topological polar surface area (TPSA) is 279 Å². The first kappa shape index (κ1) is 61.2. The van der Waals surface area contributed by atoms with E-state index in [9.17, 15) is 48.6 Å². The Morgan fingerprint density at radius 3 is 1.82 bits per heavy atom. The van der Waals surface area contributed by atoms with Crippen LogP contribution >= 0.6 is 0 Å². The number of benzene rings is 1. The van der Waals surface area contributed by atoms with E-state index in [1.165, 1.54) is 12.1 Å². The van der Waals surface area contributed by atoms with Crippen molar-refractivity contribution in [1.82, 2.24) is 16.0 Å². The van der Waals surface area contributed by atoms with Gasteiger partial charge in [0.15, 0.2) is 5.78 Å². The molecule has 19 nitrogen and oxygen atoms in total. The number of nitrogens with one attached hydrogen (secondary N) is 3. The zero-order valence-electron chi connectivity index (χ0n) is 40.0. The molecule has 2 amide bonds. The van der Waals surface area contributed by atoms with E-state index in [4.69, 9.17) is 35.8 Å². The minimum atomic E-state index is -1.19. The Hall–Kier alpha value is -4.82. The highest BCUT2D eigenvalue weighted by molar-refractivity contribution is 5.88. The van der Waals surface area contributed by atoms with Crippen molar-refractivity contribution in [3.63, 3.8) is 0 Å². The highest BCUT2D eigenvalue weighted by Gasteiger charge is 2.23. The average molecular weight is 964 g/mol. The van der Waals surface area contributed by atoms with E-state index in [2.05, 4.69) is 16.0 Å². The molecule has 0 spiro atoms. The molecule has 0 bridgehead atoms. The maximum atomic E-state index is 12.3. The lowest BCUT2D eigenvalue weighted by molar-refractivity contribution is -0.143. The predicted molar refractivity (Wildman–Crippen MR) is 250 cm³/mol. The van der Waals surface area contributed by atoms with E-state index in [0.717, 1.165) is 38.5 Å². The number of rotatable bonds is 47. The summed E-state index contributed by atoms with van der Waals surface area (Å²) >= 11 is 0. The van der Waals surface area contributed by atoms with E-state index in [1.54, 1.807) is 12.1 Å². The van der Waals surface area contributed by atoms with Crippen LogP contribution in [0.3, 0.4) is 0 Å². The predicted octanol–water partition coefficient (Wildman–Crippen LogP) is 5.37. The number of ketones is 3. The zero-order chi connectivity index (χ0) is 50.2. The standard InChI is InChI=1S/C49H77N3O16/c1-3-14-42(50-2)44(55)26-21-37(47(58)59)15-9-8-10-16-40(54)35-66-33-32-65-30-27-51-46(57)36-67-34-31-64-28-13-17-39(53)22-25-43(49(62)63)52-45(56)18-11-6-4-5-7-12-29-68-41-23-19-38(20-24-41)48(60)61/h2,19-20,23-24,37,42-43,50H,3-18,21-22,25-36H2,1H3,(H,51,57)(H,52,56)(H,58,59)(H,60,61)(H,62,63)/t37-,42+,43+/m1/s1. The van der Waals surface area contributed by atoms with E-state index >= 15 is 0 Å². The molecular formula is C49H77N3O16. The summed E-state index contributed by atoms with van der Waals surface area (Å²) in [4.78, 5) is 95.3. The molecule has 0 aliphatic heterocycles. The van der Waals surface area contributed by atoms with Gasteiger partial charge < -0.3 is 55.0 Å². The van der Waals surface area contributed by atoms with Crippen molar-refractivity contribution in [3.8, 4) is 5.75 Å². The van der Waals surface area contributed by atoms with Gasteiger partial charge in [0.05, 0.1) is 57.2 Å². The molecule has 68 heavy (non-hydrogen) atoms. The number of carboxylic acid groups (broad SMARTS) is 3. The summed E-state index contributed by atoms with van der Waals surface area (Å²) in [5.74, 6) is -4.07. The fourth-order valence-electron chi connectivity index (χ4n) is 6.88. The molecule has 19 heteroatoms. The number of ether oxygens (including phenoxy) is 5. The highest BCUT2D eigenvalue weighted by Crippen LogP contribution is 2.19. The molecule has 0 saturated heterocycles. The van der Waals surface area contributed by atoms with Crippen LogP contribution in [0.15, 0.2) is 24.3 Å². The first-order valence-electron chi connectivity index (χ1n) is 24.1. The maximum Gasteiger partial charge on any atom is 0.335 e. The zero-order valence-corrected chi connectivity index (χ0v) is 40.0. The van der Waals surface area contributed by atoms with Gasteiger partial charge in [0.25, 0.3) is 0 Å². The van der Waals surface area contributed by atoms with Crippen LogP contribution in [0.5, 0.6) is 5.75 Å². The Morgan fingerprint density at radius 1 is 0.544 bits per heavy atom. The van der Waals surface area contributed by atoms with Crippen LogP contribution in [-0.4, -0.2) is 140 Å². The second kappa shape index (κ2) is 40.1. The van der Waals surface area contributed by atoms with E-state index in [-0.39, 0.29) is 133 Å². The summed E-state index contributed by atoms with van der Waals surface area (Å²) < 4.78 is 27.2. The smallest absolute Gasteiger partial charge is 0.335 e. The fraction of sp³-hybridized carbons (Fsp3) is 0.694. The van der Waals surface area contributed by atoms with Crippen molar-refractivity contribution in [2.24, 2.45) is 5.92 Å². The van der Waals surface area contributed by atoms with Crippen LogP contribution in [0.25, 0.3) is 0 Å². The highest BCUT2D eigenvalue weighted by atomic mass is 16.5. The van der Waals surface area contributed by atoms with Crippen LogP contribution < -0.4 is 20.7 Å². The van der Waals surface area contributed by atoms with Gasteiger partial charge in [-0.3, -0.25) is 28.8 Å². The number of carbonyl (C=O) groups is 8. The minimum absolute atomic E-state index is 0.00232. The molecule has 384 valence electrons. The first-order chi connectivity index (χ1) is 32.8. The average Bonchev–Trinajstić information content (AvgIpc) is 3.31. The van der Waals surface area contributed by atoms with E-state index in [1.807, 2.05) is 6.92 Å². The molecular weight excluding hydrogens is 887 g/mol. The molecule has 0 heterocycles. The van der Waals surface area contributed by atoms with Crippen LogP contribution in [0.1, 0.15) is 146 Å². The number of aromatic carboxylic acids is 1. The summed E-state index contributed by atoms with van der Waals surface area (Å²) in [6.45, 7) is 3.86. The van der Waals surface area contributed by atoms with Gasteiger partial charge in [-0.15, -0.1) is 0 Å². The van der Waals surface area contributed by atoms with Gasteiger partial charge in [-0.25, -0.2) is 9.59 Å². The molecule has 0 aliphatic carbocycles. The van der Waals surface area contributed by atoms with Crippen molar-refractivity contribution in [3.05, 3.63) is 36.9 Å². The molecule has 0 saturated carbocycles. The minimum Gasteiger partial charge on any atom is -0.494 e. The van der Waals surface area contributed by atoms with Crippen molar-refractivity contribution < 1.29 is 77.4 Å². The molecule has 0 aliphatic rings. The third-order valence-corrected chi connectivity index (χ3v) is 10.8. The van der Waals surface area contributed by atoms with Gasteiger partial charge in [0, 0.05) is 52.3 Å². The Labute approximate surface area is 401 Å². The molecule has 0 unspecified atom stereocenters. The molecule has 2 radical (unpaired) electrons. The van der Waals surface area contributed by atoms with Crippen LogP contribution in [0.4, 0.5) is 0 Å². The monoisotopic (exact) mass is 964 g/mol. The summed E-state index contributed by atoms with van der Waals surface area (Å²) in [5, 5.41) is 35.7. The van der Waals surface area contributed by atoms with E-state index in [0.29, 0.717) is 63.7 Å². The molecule has 0 aromatic heterocycles. The van der Waals surface area contributed by atoms with Crippen LogP contribution in [0.2, 0.25) is 0 Å². The Balaban J connectivity index is 1.96. The van der Waals surface area contributed by atoms with Crippen molar-refractivity contribution >= 4 is 47.1 Å². The Bertz CT molecular complexity index is 1610. The van der Waals surface area contributed by atoms with Gasteiger partial charge in [0.2, 0.25) is 11.8 Å². The number of Topliss-reactive ketones (excluding diaryl/α,β-unsaturated/α-hetero) is 3. The lowest BCUT2D eigenvalue weighted by Crippen LogP contribution is -2.41. The number of carbonyl (C=O) groups excluding carboxylic acids is 5. The van der Waals surface area contributed by atoms with E-state index < -0.39 is 35.9 Å². The quantitative estimate of drug-likeness (QED) is 0.0354. The molecule has 6 N–H and O–H groups in total. The van der Waals surface area contributed by atoms with Gasteiger partial charge >= 0.3 is 17.9 Å². The molecule has 1 rings (SSSR count). The summed E-state index contributed by atoms with van der Waals surface area (Å²) in [5.41, 5.74) is 0.203. The molecule has 0 fully saturated rings. The second-order valence-corrected chi connectivity index (χ2v) is 16.6. The summed E-state index contributed by atoms with van der Waals surface area (Å²) in [6.07, 6.45) is 10.5. The Kier molecular flexibility index (Phi) is 36.1. The van der Waals surface area contributed by atoms with Crippen molar-refractivity contribution in [2.45, 2.75) is 147 Å². The maximum absolute atomic E-state index is 12.3. The molecule has 1 aromatic carbocycles. The van der Waals surface area contributed by atoms with Gasteiger partial charge in [0.1, 0.15) is 36.6 Å². The fourth-order valence-corrected chi connectivity index (χ4v) is 6.88. The van der Waals surface area contributed by atoms with Gasteiger partial charge in [-0.1, -0.05) is 51.9 Å². The number of unbranched alkanes of at least 4 members (excludes halogenated alkanes) is 7. The molecule has 3 atom stereocenters. The summed E-state index contributed by atoms with van der Waals surface area (Å²) in [7, 11) is 5.44. The third kappa shape index (κ3) is 32.8. The Morgan fingerprint density at radius 2 is 1.16 bits per heavy atom.